The first-order valence-electron chi connectivity index (χ1n) is 7.48. The molecule has 0 aromatic heterocycles. The molecule has 22 heavy (non-hydrogen) atoms. The summed E-state index contributed by atoms with van der Waals surface area (Å²) in [5.74, 6) is 0.459. The minimum absolute atomic E-state index is 0.159. The van der Waals surface area contributed by atoms with Crippen molar-refractivity contribution < 1.29 is 9.53 Å². The van der Waals surface area contributed by atoms with Crippen LogP contribution in [0, 0.1) is 0 Å². The minimum Gasteiger partial charge on any atom is -0.493 e. The molecule has 2 aromatic carbocycles. The van der Waals surface area contributed by atoms with E-state index in [0.29, 0.717) is 17.9 Å². The molecule has 1 N–H and O–H groups in total. The van der Waals surface area contributed by atoms with E-state index >= 15 is 0 Å². The van der Waals surface area contributed by atoms with E-state index < -0.39 is 0 Å². The van der Waals surface area contributed by atoms with E-state index in [9.17, 15) is 4.79 Å². The summed E-state index contributed by atoms with van der Waals surface area (Å²) in [7, 11) is 0. The van der Waals surface area contributed by atoms with Crippen molar-refractivity contribution in [1.82, 2.24) is 0 Å². The second-order valence-electron chi connectivity index (χ2n) is 4.93. The van der Waals surface area contributed by atoms with Crippen LogP contribution in [-0.4, -0.2) is 12.5 Å². The number of hydrogen-bond donors (Lipinski definition) is 1. The standard InChI is InChI=1S/C18H20BrNO2/c1-3-12-22-16-11-6-5-9-14(16)18(21)20-17-13(4-2)8-7-10-15(17)19/h5-11H,3-4,12H2,1-2H3,(H,20,21). The number of nitrogens with one attached hydrogen (secondary N) is 1. The Hall–Kier alpha value is -1.81. The monoisotopic (exact) mass is 361 g/mol. The minimum atomic E-state index is -0.159. The van der Waals surface area contributed by atoms with Crippen LogP contribution in [0.3, 0.4) is 0 Å². The van der Waals surface area contributed by atoms with E-state index in [1.165, 1.54) is 0 Å². The molecule has 1 amide bonds. The zero-order chi connectivity index (χ0) is 15.9. The first-order valence-corrected chi connectivity index (χ1v) is 8.27. The summed E-state index contributed by atoms with van der Waals surface area (Å²) in [6.07, 6.45) is 1.75. The van der Waals surface area contributed by atoms with Crippen molar-refractivity contribution in [2.24, 2.45) is 0 Å². The molecule has 4 heteroatoms. The van der Waals surface area contributed by atoms with Crippen molar-refractivity contribution in [1.29, 1.82) is 0 Å². The van der Waals surface area contributed by atoms with Crippen molar-refractivity contribution in [2.45, 2.75) is 26.7 Å². The van der Waals surface area contributed by atoms with Crippen LogP contribution >= 0.6 is 15.9 Å². The number of carbonyl (C=O) groups excluding carboxylic acids is 1. The molecule has 0 unspecified atom stereocenters. The summed E-state index contributed by atoms with van der Waals surface area (Å²) in [5, 5.41) is 3.00. The van der Waals surface area contributed by atoms with Crippen LogP contribution in [0.4, 0.5) is 5.69 Å². The van der Waals surface area contributed by atoms with Gasteiger partial charge in [0.1, 0.15) is 5.75 Å². The SMILES string of the molecule is CCCOc1ccccc1C(=O)Nc1c(Br)cccc1CC. The molecule has 116 valence electrons. The van der Waals surface area contributed by atoms with Gasteiger partial charge in [-0.3, -0.25) is 4.79 Å². The fraction of sp³-hybridized carbons (Fsp3) is 0.278. The number of amides is 1. The molecule has 0 radical (unpaired) electrons. The van der Waals surface area contributed by atoms with Gasteiger partial charge in [-0.15, -0.1) is 0 Å². The van der Waals surface area contributed by atoms with Gasteiger partial charge >= 0.3 is 0 Å². The van der Waals surface area contributed by atoms with Gasteiger partial charge in [0.05, 0.1) is 17.9 Å². The topological polar surface area (TPSA) is 38.3 Å². The van der Waals surface area contributed by atoms with Gasteiger partial charge < -0.3 is 10.1 Å². The summed E-state index contributed by atoms with van der Waals surface area (Å²) in [6, 6.07) is 13.2. The quantitative estimate of drug-likeness (QED) is 0.781. The van der Waals surface area contributed by atoms with Crippen molar-refractivity contribution in [2.75, 3.05) is 11.9 Å². The Labute approximate surface area is 139 Å². The van der Waals surface area contributed by atoms with Gasteiger partial charge in [0.15, 0.2) is 0 Å². The lowest BCUT2D eigenvalue weighted by atomic mass is 10.1. The highest BCUT2D eigenvalue weighted by molar-refractivity contribution is 9.10. The van der Waals surface area contributed by atoms with Crippen molar-refractivity contribution in [3.63, 3.8) is 0 Å². The molecule has 2 aromatic rings. The molecule has 0 saturated carbocycles. The molecule has 0 saturated heterocycles. The van der Waals surface area contributed by atoms with Crippen LogP contribution in [0.2, 0.25) is 0 Å². The second-order valence-corrected chi connectivity index (χ2v) is 5.78. The van der Waals surface area contributed by atoms with Gasteiger partial charge in [-0.2, -0.15) is 0 Å². The molecule has 0 aliphatic carbocycles. The predicted molar refractivity (Wildman–Crippen MR) is 93.7 cm³/mol. The molecule has 0 aliphatic heterocycles. The molecule has 0 aliphatic rings. The van der Waals surface area contributed by atoms with Gasteiger partial charge in [0.2, 0.25) is 0 Å². The fourth-order valence-corrected chi connectivity index (χ4v) is 2.68. The van der Waals surface area contributed by atoms with Gasteiger partial charge in [0, 0.05) is 4.47 Å². The number of aryl methyl sites for hydroxylation is 1. The number of ether oxygens (including phenoxy) is 1. The van der Waals surface area contributed by atoms with E-state index in [2.05, 4.69) is 28.2 Å². The van der Waals surface area contributed by atoms with Gasteiger partial charge in [-0.25, -0.2) is 0 Å². The molecule has 3 nitrogen and oxygen atoms in total. The van der Waals surface area contributed by atoms with Gasteiger partial charge in [-0.1, -0.05) is 38.1 Å². The van der Waals surface area contributed by atoms with E-state index in [-0.39, 0.29) is 5.91 Å². The molecule has 0 heterocycles. The third-order valence-corrected chi connectivity index (χ3v) is 3.97. The molecular weight excluding hydrogens is 342 g/mol. The van der Waals surface area contributed by atoms with Gasteiger partial charge in [-0.05, 0) is 52.5 Å². The summed E-state index contributed by atoms with van der Waals surface area (Å²) >= 11 is 3.50. The summed E-state index contributed by atoms with van der Waals surface area (Å²) in [6.45, 7) is 4.70. The molecule has 0 bridgehead atoms. The first kappa shape index (κ1) is 16.6. The Morgan fingerprint density at radius 1 is 1.14 bits per heavy atom. The fourth-order valence-electron chi connectivity index (χ4n) is 2.18. The maximum absolute atomic E-state index is 12.6. The van der Waals surface area contributed by atoms with Crippen molar-refractivity contribution >= 4 is 27.5 Å². The largest absolute Gasteiger partial charge is 0.493 e. The Balaban J connectivity index is 2.27. The van der Waals surface area contributed by atoms with Crippen LogP contribution in [0.5, 0.6) is 5.75 Å². The molecule has 0 atom stereocenters. The Bertz CT molecular complexity index is 655. The van der Waals surface area contributed by atoms with Gasteiger partial charge in [0.25, 0.3) is 5.91 Å². The lowest BCUT2D eigenvalue weighted by molar-refractivity contribution is 0.102. The second kappa shape index (κ2) is 7.99. The first-order chi connectivity index (χ1) is 10.7. The molecular formula is C18H20BrNO2. The number of rotatable bonds is 6. The third-order valence-electron chi connectivity index (χ3n) is 3.31. The Morgan fingerprint density at radius 3 is 2.64 bits per heavy atom. The summed E-state index contributed by atoms with van der Waals surface area (Å²) in [4.78, 5) is 12.6. The Kier molecular flexibility index (Phi) is 6.01. The number of carbonyl (C=O) groups is 1. The molecule has 2 rings (SSSR count). The summed E-state index contributed by atoms with van der Waals surface area (Å²) in [5.41, 5.74) is 2.46. The highest BCUT2D eigenvalue weighted by atomic mass is 79.9. The lowest BCUT2D eigenvalue weighted by Gasteiger charge is -2.14. The van der Waals surface area contributed by atoms with E-state index in [4.69, 9.17) is 4.74 Å². The average Bonchev–Trinajstić information content (AvgIpc) is 2.55. The van der Waals surface area contributed by atoms with Crippen LogP contribution in [0.15, 0.2) is 46.9 Å². The number of halogens is 1. The van der Waals surface area contributed by atoms with Crippen molar-refractivity contribution in [3.05, 3.63) is 58.1 Å². The van der Waals surface area contributed by atoms with E-state index in [1.807, 2.05) is 43.3 Å². The number of hydrogen-bond acceptors (Lipinski definition) is 2. The van der Waals surface area contributed by atoms with Crippen LogP contribution in [0.25, 0.3) is 0 Å². The van der Waals surface area contributed by atoms with E-state index in [1.54, 1.807) is 6.07 Å². The predicted octanol–water partition coefficient (Wildman–Crippen LogP) is 5.05. The normalized spacial score (nSPS) is 10.3. The van der Waals surface area contributed by atoms with E-state index in [0.717, 1.165) is 28.6 Å². The molecule has 0 spiro atoms. The van der Waals surface area contributed by atoms with Crippen LogP contribution in [-0.2, 0) is 6.42 Å². The average molecular weight is 362 g/mol. The Morgan fingerprint density at radius 2 is 1.91 bits per heavy atom. The smallest absolute Gasteiger partial charge is 0.259 e. The zero-order valence-corrected chi connectivity index (χ0v) is 14.4. The number of benzene rings is 2. The van der Waals surface area contributed by atoms with Crippen LogP contribution < -0.4 is 10.1 Å². The zero-order valence-electron chi connectivity index (χ0n) is 12.9. The van der Waals surface area contributed by atoms with Crippen LogP contribution in [0.1, 0.15) is 36.2 Å². The maximum atomic E-state index is 12.6. The highest BCUT2D eigenvalue weighted by Gasteiger charge is 2.15. The number of anilines is 1. The number of para-hydroxylation sites is 2. The third kappa shape index (κ3) is 3.89. The maximum Gasteiger partial charge on any atom is 0.259 e. The lowest BCUT2D eigenvalue weighted by Crippen LogP contribution is -2.15. The molecule has 0 fully saturated rings. The highest BCUT2D eigenvalue weighted by Crippen LogP contribution is 2.28. The summed E-state index contributed by atoms with van der Waals surface area (Å²) < 4.78 is 6.54. The van der Waals surface area contributed by atoms with Crippen molar-refractivity contribution in [3.8, 4) is 5.75 Å².